The van der Waals surface area contributed by atoms with Crippen molar-refractivity contribution in [1.29, 1.82) is 0 Å². The topological polar surface area (TPSA) is 38.1 Å². The maximum absolute atomic E-state index is 5.42. The molecule has 1 N–H and O–H groups in total. The van der Waals surface area contributed by atoms with Crippen LogP contribution in [0.1, 0.15) is 37.8 Å². The molecule has 0 spiro atoms. The molecule has 0 bridgehead atoms. The van der Waals surface area contributed by atoms with E-state index in [0.717, 1.165) is 10.9 Å². The molecule has 90 valence electrons. The van der Waals surface area contributed by atoms with E-state index >= 15 is 0 Å². The van der Waals surface area contributed by atoms with E-state index in [0.29, 0.717) is 11.3 Å². The smallest absolute Gasteiger partial charge is 0.256 e. The van der Waals surface area contributed by atoms with E-state index < -0.39 is 0 Å². The average molecular weight is 240 g/mol. The Hall–Kier alpha value is -0.480. The molecular formula is C12H20N2OS. The predicted molar refractivity (Wildman–Crippen MR) is 66.8 cm³/mol. The van der Waals surface area contributed by atoms with Crippen molar-refractivity contribution < 1.29 is 4.42 Å². The molecule has 1 aromatic rings. The highest BCUT2D eigenvalue weighted by atomic mass is 32.2. The Bertz CT molecular complexity index is 327. The number of oxazole rings is 1. The average Bonchev–Trinajstić information content (AvgIpc) is 2.56. The maximum atomic E-state index is 5.42. The van der Waals surface area contributed by atoms with Crippen LogP contribution in [0.3, 0.4) is 0 Å². The number of hydrogen-bond donors (Lipinski definition) is 1. The fourth-order valence-corrected chi connectivity index (χ4v) is 3.54. The second-order valence-corrected chi connectivity index (χ2v) is 5.63. The van der Waals surface area contributed by atoms with Gasteiger partial charge in [-0.1, -0.05) is 31.0 Å². The highest BCUT2D eigenvalue weighted by Gasteiger charge is 2.24. The van der Waals surface area contributed by atoms with Crippen LogP contribution >= 0.6 is 11.8 Å². The molecule has 1 aromatic heterocycles. The Labute approximate surface area is 101 Å². The van der Waals surface area contributed by atoms with Crippen molar-refractivity contribution in [3.8, 4) is 0 Å². The van der Waals surface area contributed by atoms with Gasteiger partial charge >= 0.3 is 0 Å². The molecule has 3 nitrogen and oxygen atoms in total. The Morgan fingerprint density at radius 3 is 2.88 bits per heavy atom. The first-order valence-electron chi connectivity index (χ1n) is 6.05. The van der Waals surface area contributed by atoms with Gasteiger partial charge in [0.1, 0.15) is 6.26 Å². The largest absolute Gasteiger partial charge is 0.440 e. The molecule has 2 atom stereocenters. The monoisotopic (exact) mass is 240 g/mol. The van der Waals surface area contributed by atoms with Gasteiger partial charge in [-0.2, -0.15) is 0 Å². The number of thioether (sulfide) groups is 1. The van der Waals surface area contributed by atoms with Crippen molar-refractivity contribution in [3.05, 3.63) is 12.0 Å². The van der Waals surface area contributed by atoms with E-state index in [9.17, 15) is 0 Å². The third kappa shape index (κ3) is 3.01. The molecule has 1 saturated carbocycles. The van der Waals surface area contributed by atoms with E-state index in [2.05, 4.69) is 17.3 Å². The van der Waals surface area contributed by atoms with E-state index in [4.69, 9.17) is 4.42 Å². The third-order valence-corrected chi connectivity index (χ3v) is 4.43. The van der Waals surface area contributed by atoms with Gasteiger partial charge in [0, 0.05) is 11.3 Å². The standard InChI is InChI=1S/C12H20N2OS/c1-9-8-15-12(14-9)16-11-7-5-3-4-6-10(11)13-2/h8,10-11,13H,3-7H2,1-2H3. The highest BCUT2D eigenvalue weighted by Crippen LogP contribution is 2.32. The van der Waals surface area contributed by atoms with Crippen LogP contribution in [0.5, 0.6) is 0 Å². The number of hydrogen-bond acceptors (Lipinski definition) is 4. The number of nitrogens with one attached hydrogen (secondary N) is 1. The summed E-state index contributed by atoms with van der Waals surface area (Å²) in [4.78, 5) is 4.37. The van der Waals surface area contributed by atoms with Crippen molar-refractivity contribution in [2.45, 2.75) is 55.5 Å². The summed E-state index contributed by atoms with van der Waals surface area (Å²) >= 11 is 1.79. The lowest BCUT2D eigenvalue weighted by atomic mass is 10.1. The number of aromatic nitrogens is 1. The first-order chi connectivity index (χ1) is 7.79. The van der Waals surface area contributed by atoms with Crippen LogP contribution in [0.4, 0.5) is 0 Å². The van der Waals surface area contributed by atoms with Gasteiger partial charge in [-0.15, -0.1) is 0 Å². The minimum atomic E-state index is 0.597. The van der Waals surface area contributed by atoms with Gasteiger partial charge in [-0.3, -0.25) is 0 Å². The van der Waals surface area contributed by atoms with Gasteiger partial charge < -0.3 is 9.73 Å². The van der Waals surface area contributed by atoms with E-state index in [-0.39, 0.29) is 0 Å². The van der Waals surface area contributed by atoms with E-state index in [1.54, 1.807) is 18.0 Å². The fraction of sp³-hybridized carbons (Fsp3) is 0.750. The molecule has 0 aromatic carbocycles. The first kappa shape index (κ1) is 12.0. The minimum Gasteiger partial charge on any atom is -0.440 e. The highest BCUT2D eigenvalue weighted by molar-refractivity contribution is 7.99. The number of rotatable bonds is 3. The van der Waals surface area contributed by atoms with Crippen LogP contribution in [0, 0.1) is 6.92 Å². The van der Waals surface area contributed by atoms with Gasteiger partial charge in [0.15, 0.2) is 0 Å². The normalized spacial score (nSPS) is 26.6. The van der Waals surface area contributed by atoms with E-state index in [1.807, 2.05) is 6.92 Å². The molecule has 1 aliphatic carbocycles. The first-order valence-corrected chi connectivity index (χ1v) is 6.93. The maximum Gasteiger partial charge on any atom is 0.256 e. The molecule has 1 aliphatic rings. The summed E-state index contributed by atoms with van der Waals surface area (Å²) in [5.41, 5.74) is 0.970. The van der Waals surface area contributed by atoms with Crippen molar-refractivity contribution >= 4 is 11.8 Å². The Morgan fingerprint density at radius 2 is 2.19 bits per heavy atom. The van der Waals surface area contributed by atoms with E-state index in [1.165, 1.54) is 32.1 Å². The molecule has 1 fully saturated rings. The zero-order chi connectivity index (χ0) is 11.4. The van der Waals surface area contributed by atoms with Crippen molar-refractivity contribution in [2.24, 2.45) is 0 Å². The summed E-state index contributed by atoms with van der Waals surface area (Å²) in [6, 6.07) is 0.597. The van der Waals surface area contributed by atoms with Gasteiger partial charge in [0.2, 0.25) is 0 Å². The second kappa shape index (κ2) is 5.73. The summed E-state index contributed by atoms with van der Waals surface area (Å²) in [6.45, 7) is 1.97. The van der Waals surface area contributed by atoms with Crippen LogP contribution in [0.2, 0.25) is 0 Å². The zero-order valence-corrected chi connectivity index (χ0v) is 10.8. The fourth-order valence-electron chi connectivity index (χ4n) is 2.26. The van der Waals surface area contributed by atoms with Gasteiger partial charge in [-0.05, 0) is 26.8 Å². The van der Waals surface area contributed by atoms with Crippen LogP contribution < -0.4 is 5.32 Å². The van der Waals surface area contributed by atoms with Crippen molar-refractivity contribution in [3.63, 3.8) is 0 Å². The zero-order valence-electron chi connectivity index (χ0n) is 10.0. The molecule has 2 unspecified atom stereocenters. The lowest BCUT2D eigenvalue weighted by molar-refractivity contribution is 0.447. The Balaban J connectivity index is 1.99. The molecule has 1 heterocycles. The lowest BCUT2D eigenvalue weighted by Crippen LogP contribution is -2.34. The number of nitrogens with zero attached hydrogens (tertiary/aromatic N) is 1. The summed E-state index contributed by atoms with van der Waals surface area (Å²) in [7, 11) is 2.06. The molecule has 0 aliphatic heterocycles. The summed E-state index contributed by atoms with van der Waals surface area (Å²) < 4.78 is 5.42. The van der Waals surface area contributed by atoms with Crippen LogP contribution in [-0.2, 0) is 0 Å². The van der Waals surface area contributed by atoms with Crippen molar-refractivity contribution in [1.82, 2.24) is 10.3 Å². The van der Waals surface area contributed by atoms with Crippen LogP contribution in [0.25, 0.3) is 0 Å². The van der Waals surface area contributed by atoms with Gasteiger partial charge in [0.05, 0.1) is 5.69 Å². The van der Waals surface area contributed by atoms with Crippen LogP contribution in [-0.4, -0.2) is 23.3 Å². The SMILES string of the molecule is CNC1CCCCCC1Sc1nc(C)co1. The summed E-state index contributed by atoms with van der Waals surface area (Å²) in [5.74, 6) is 0. The van der Waals surface area contributed by atoms with Gasteiger partial charge in [-0.25, -0.2) is 4.98 Å². The summed E-state index contributed by atoms with van der Waals surface area (Å²) in [5, 5.41) is 4.86. The quantitative estimate of drug-likeness (QED) is 0.824. The molecular weight excluding hydrogens is 220 g/mol. The Kier molecular flexibility index (Phi) is 4.29. The Morgan fingerprint density at radius 1 is 1.38 bits per heavy atom. The molecule has 4 heteroatoms. The minimum absolute atomic E-state index is 0.597. The molecule has 2 rings (SSSR count). The van der Waals surface area contributed by atoms with Crippen molar-refractivity contribution in [2.75, 3.05) is 7.05 Å². The lowest BCUT2D eigenvalue weighted by Gasteiger charge is -2.22. The number of aryl methyl sites for hydroxylation is 1. The summed E-state index contributed by atoms with van der Waals surface area (Å²) in [6.07, 6.45) is 8.29. The second-order valence-electron chi connectivity index (χ2n) is 4.44. The molecule has 0 amide bonds. The predicted octanol–water partition coefficient (Wildman–Crippen LogP) is 3.00. The molecule has 0 radical (unpaired) electrons. The third-order valence-electron chi connectivity index (χ3n) is 3.17. The molecule has 16 heavy (non-hydrogen) atoms. The van der Waals surface area contributed by atoms with Gasteiger partial charge in [0.25, 0.3) is 5.22 Å². The van der Waals surface area contributed by atoms with Crippen LogP contribution in [0.15, 0.2) is 15.9 Å². The molecule has 0 saturated heterocycles.